The van der Waals surface area contributed by atoms with E-state index in [1.807, 2.05) is 0 Å². The van der Waals surface area contributed by atoms with Crippen LogP contribution in [-0.2, 0) is 16.2 Å². The van der Waals surface area contributed by atoms with Crippen molar-refractivity contribution in [1.82, 2.24) is 0 Å². The molecule has 0 spiro atoms. The van der Waals surface area contributed by atoms with Gasteiger partial charge in [-0.3, -0.25) is 4.79 Å². The smallest absolute Gasteiger partial charge is 0.224 e. The fraction of sp³-hybridized carbons (Fsp3) is 0.429. The molecule has 4 nitrogen and oxygen atoms in total. The first-order valence-electron chi connectivity index (χ1n) is 6.11. The van der Waals surface area contributed by atoms with Crippen molar-refractivity contribution >= 4 is 17.4 Å². The number of benzene rings is 1. The number of rotatable bonds is 7. The van der Waals surface area contributed by atoms with Crippen LogP contribution in [0.15, 0.2) is 24.3 Å². The molecular weight excluding hydrogens is 230 g/mol. The van der Waals surface area contributed by atoms with Crippen molar-refractivity contribution < 1.29 is 14.7 Å². The lowest BCUT2D eigenvalue weighted by molar-refractivity contribution is -0.118. The van der Waals surface area contributed by atoms with E-state index >= 15 is 0 Å². The summed E-state index contributed by atoms with van der Waals surface area (Å²) in [5.41, 5.74) is 1.46. The summed E-state index contributed by atoms with van der Waals surface area (Å²) >= 11 is 0. The number of aliphatic hydroxyl groups excluding tert-OH is 1. The van der Waals surface area contributed by atoms with Gasteiger partial charge in [-0.15, -0.1) is 0 Å². The molecule has 0 saturated carbocycles. The minimum atomic E-state index is -0.0614. The van der Waals surface area contributed by atoms with Crippen molar-refractivity contribution in [2.45, 2.75) is 39.2 Å². The van der Waals surface area contributed by atoms with Crippen molar-refractivity contribution in [1.29, 1.82) is 0 Å². The summed E-state index contributed by atoms with van der Waals surface area (Å²) in [5, 5.41) is 11.7. The van der Waals surface area contributed by atoms with Crippen molar-refractivity contribution in [2.75, 3.05) is 5.32 Å². The van der Waals surface area contributed by atoms with Gasteiger partial charge in [0.15, 0.2) is 0 Å². The SMILES string of the molecule is CC(=O)CCCCC(=O)Nc1cccc(CO)c1. The van der Waals surface area contributed by atoms with E-state index < -0.39 is 0 Å². The molecule has 18 heavy (non-hydrogen) atoms. The van der Waals surface area contributed by atoms with Gasteiger partial charge in [-0.05, 0) is 37.5 Å². The first kappa shape index (κ1) is 14.4. The molecule has 0 bridgehead atoms. The van der Waals surface area contributed by atoms with E-state index in [-0.39, 0.29) is 18.3 Å². The molecule has 0 aromatic heterocycles. The molecule has 2 N–H and O–H groups in total. The van der Waals surface area contributed by atoms with Gasteiger partial charge in [-0.1, -0.05) is 12.1 Å². The Morgan fingerprint density at radius 1 is 1.22 bits per heavy atom. The van der Waals surface area contributed by atoms with Gasteiger partial charge in [0.05, 0.1) is 6.61 Å². The van der Waals surface area contributed by atoms with Crippen molar-refractivity contribution in [3.63, 3.8) is 0 Å². The Hall–Kier alpha value is -1.68. The molecule has 0 heterocycles. The number of carbonyl (C=O) groups excluding carboxylic acids is 2. The maximum absolute atomic E-state index is 11.6. The first-order valence-corrected chi connectivity index (χ1v) is 6.11. The standard InChI is InChI=1S/C14H19NO3/c1-11(17)5-2-3-8-14(18)15-13-7-4-6-12(9-13)10-16/h4,6-7,9,16H,2-3,5,8,10H2,1H3,(H,15,18). The lowest BCUT2D eigenvalue weighted by Gasteiger charge is -2.06. The summed E-state index contributed by atoms with van der Waals surface area (Å²) in [5.74, 6) is 0.0969. The number of ketones is 1. The lowest BCUT2D eigenvalue weighted by Crippen LogP contribution is -2.11. The molecule has 0 aliphatic rings. The first-order chi connectivity index (χ1) is 8.61. The molecule has 0 atom stereocenters. The van der Waals surface area contributed by atoms with E-state index in [2.05, 4.69) is 5.32 Å². The number of hydrogen-bond donors (Lipinski definition) is 2. The second-order valence-corrected chi connectivity index (χ2v) is 4.32. The van der Waals surface area contributed by atoms with Crippen LogP contribution in [0.4, 0.5) is 5.69 Å². The molecule has 1 aromatic carbocycles. The molecule has 1 amide bonds. The quantitative estimate of drug-likeness (QED) is 0.728. The van der Waals surface area contributed by atoms with Crippen LogP contribution in [0.5, 0.6) is 0 Å². The van der Waals surface area contributed by atoms with E-state index in [0.717, 1.165) is 12.0 Å². The van der Waals surface area contributed by atoms with Gasteiger partial charge in [0.25, 0.3) is 0 Å². The monoisotopic (exact) mass is 249 g/mol. The highest BCUT2D eigenvalue weighted by atomic mass is 16.3. The van der Waals surface area contributed by atoms with Crippen molar-refractivity contribution in [3.8, 4) is 0 Å². The van der Waals surface area contributed by atoms with E-state index in [4.69, 9.17) is 5.11 Å². The molecule has 4 heteroatoms. The number of carbonyl (C=O) groups is 2. The zero-order chi connectivity index (χ0) is 13.4. The van der Waals surface area contributed by atoms with E-state index in [1.165, 1.54) is 0 Å². The van der Waals surface area contributed by atoms with Gasteiger partial charge in [0, 0.05) is 18.5 Å². The zero-order valence-electron chi connectivity index (χ0n) is 10.6. The summed E-state index contributed by atoms with van der Waals surface area (Å²) in [7, 11) is 0. The fourth-order valence-electron chi connectivity index (χ4n) is 1.63. The van der Waals surface area contributed by atoms with Gasteiger partial charge in [-0.25, -0.2) is 0 Å². The summed E-state index contributed by atoms with van der Waals surface area (Å²) < 4.78 is 0. The third kappa shape index (κ3) is 5.59. The molecule has 0 saturated heterocycles. The topological polar surface area (TPSA) is 66.4 Å². The highest BCUT2D eigenvalue weighted by molar-refractivity contribution is 5.90. The number of Topliss-reactive ketones (excluding diaryl/α,β-unsaturated/α-hetero) is 1. The van der Waals surface area contributed by atoms with Crippen LogP contribution in [0.2, 0.25) is 0 Å². The Morgan fingerprint density at radius 3 is 2.61 bits per heavy atom. The van der Waals surface area contributed by atoms with Crippen LogP contribution in [0.1, 0.15) is 38.2 Å². The number of hydrogen-bond acceptors (Lipinski definition) is 3. The van der Waals surface area contributed by atoms with Gasteiger partial charge >= 0.3 is 0 Å². The molecule has 1 aromatic rings. The van der Waals surface area contributed by atoms with E-state index in [9.17, 15) is 9.59 Å². The van der Waals surface area contributed by atoms with Crippen LogP contribution < -0.4 is 5.32 Å². The minimum Gasteiger partial charge on any atom is -0.392 e. The minimum absolute atomic E-state index is 0.0394. The van der Waals surface area contributed by atoms with Crippen LogP contribution in [-0.4, -0.2) is 16.8 Å². The summed E-state index contributed by atoms with van der Waals surface area (Å²) in [4.78, 5) is 22.3. The van der Waals surface area contributed by atoms with Crippen molar-refractivity contribution in [3.05, 3.63) is 29.8 Å². The molecule has 0 aliphatic heterocycles. The highest BCUT2D eigenvalue weighted by Crippen LogP contribution is 2.11. The average molecular weight is 249 g/mol. The maximum atomic E-state index is 11.6. The van der Waals surface area contributed by atoms with Crippen LogP contribution in [0, 0.1) is 0 Å². The normalized spacial score (nSPS) is 10.1. The van der Waals surface area contributed by atoms with Gasteiger partial charge in [0.2, 0.25) is 5.91 Å². The maximum Gasteiger partial charge on any atom is 0.224 e. The average Bonchev–Trinajstić information content (AvgIpc) is 2.34. The molecule has 98 valence electrons. The highest BCUT2D eigenvalue weighted by Gasteiger charge is 2.03. The number of aliphatic hydroxyl groups is 1. The third-order valence-electron chi connectivity index (χ3n) is 2.58. The van der Waals surface area contributed by atoms with E-state index in [0.29, 0.717) is 24.9 Å². The second-order valence-electron chi connectivity index (χ2n) is 4.32. The Balaban J connectivity index is 2.33. The van der Waals surface area contributed by atoms with E-state index in [1.54, 1.807) is 31.2 Å². The number of nitrogens with one attached hydrogen (secondary N) is 1. The summed E-state index contributed by atoms with van der Waals surface area (Å²) in [6.07, 6.45) is 2.41. The number of amides is 1. The molecule has 0 unspecified atom stereocenters. The summed E-state index contributed by atoms with van der Waals surface area (Å²) in [6, 6.07) is 7.11. The van der Waals surface area contributed by atoms with Crippen molar-refractivity contribution in [2.24, 2.45) is 0 Å². The zero-order valence-corrected chi connectivity index (χ0v) is 10.6. The van der Waals surface area contributed by atoms with Gasteiger partial charge < -0.3 is 15.2 Å². The molecule has 0 radical (unpaired) electrons. The molecule has 0 fully saturated rings. The Kier molecular flexibility index (Phi) is 6.08. The second kappa shape index (κ2) is 7.61. The Bertz CT molecular complexity index is 415. The Labute approximate surface area is 107 Å². The molecule has 1 rings (SSSR count). The van der Waals surface area contributed by atoms with Gasteiger partial charge in [-0.2, -0.15) is 0 Å². The van der Waals surface area contributed by atoms with Gasteiger partial charge in [0.1, 0.15) is 5.78 Å². The van der Waals surface area contributed by atoms with Crippen LogP contribution in [0.25, 0.3) is 0 Å². The largest absolute Gasteiger partial charge is 0.392 e. The predicted octanol–water partition coefficient (Wildman–Crippen LogP) is 2.27. The lowest BCUT2D eigenvalue weighted by atomic mass is 10.1. The van der Waals surface area contributed by atoms with Crippen LogP contribution >= 0.6 is 0 Å². The predicted molar refractivity (Wildman–Crippen MR) is 70.1 cm³/mol. The van der Waals surface area contributed by atoms with Crippen LogP contribution in [0.3, 0.4) is 0 Å². The molecular formula is C14H19NO3. The molecule has 0 aliphatic carbocycles. The summed E-state index contributed by atoms with van der Waals surface area (Å²) in [6.45, 7) is 1.52. The third-order valence-corrected chi connectivity index (χ3v) is 2.58. The fourth-order valence-corrected chi connectivity index (χ4v) is 1.63. The number of unbranched alkanes of at least 4 members (excludes halogenated alkanes) is 1. The number of anilines is 1. The Morgan fingerprint density at radius 2 is 1.94 bits per heavy atom.